The van der Waals surface area contributed by atoms with Crippen LogP contribution in [0.25, 0.3) is 22.5 Å². The van der Waals surface area contributed by atoms with E-state index in [1.165, 1.54) is 22.9 Å². The molecule has 0 saturated heterocycles. The number of nitrogens with zero attached hydrogens (tertiary/aromatic N) is 4. The van der Waals surface area contributed by atoms with Gasteiger partial charge in [-0.1, -0.05) is 71.4 Å². The smallest absolute Gasteiger partial charge is 0.210 e. The van der Waals surface area contributed by atoms with Crippen LogP contribution in [0, 0.1) is 27.7 Å². The summed E-state index contributed by atoms with van der Waals surface area (Å²) >= 11 is 1.32. The molecule has 2 heterocycles. The summed E-state index contributed by atoms with van der Waals surface area (Å²) in [5, 5.41) is 9.35. The first kappa shape index (κ1) is 22.0. The van der Waals surface area contributed by atoms with Gasteiger partial charge in [0.05, 0.1) is 5.75 Å². The van der Waals surface area contributed by atoms with Gasteiger partial charge in [-0.05, 0) is 33.8 Å². The largest absolute Gasteiger partial charge is 0.351 e. The van der Waals surface area contributed by atoms with Gasteiger partial charge in [0.15, 0.2) is 5.78 Å². The van der Waals surface area contributed by atoms with Crippen LogP contribution in [0.15, 0.2) is 59.8 Å². The summed E-state index contributed by atoms with van der Waals surface area (Å²) in [6.45, 7) is 8.08. The normalized spacial score (nSPS) is 11.0. The van der Waals surface area contributed by atoms with Gasteiger partial charge in [0, 0.05) is 35.1 Å². The van der Waals surface area contributed by atoms with Gasteiger partial charge in [-0.3, -0.25) is 4.79 Å². The summed E-state index contributed by atoms with van der Waals surface area (Å²) in [6, 6.07) is 18.4. The van der Waals surface area contributed by atoms with Gasteiger partial charge in [0.2, 0.25) is 5.16 Å². The molecule has 2 aromatic carbocycles. The number of carbonyl (C=O) groups excluding carboxylic acids is 1. The summed E-state index contributed by atoms with van der Waals surface area (Å²) < 4.78 is 2.03. The highest BCUT2D eigenvalue weighted by Gasteiger charge is 2.17. The Bertz CT molecular complexity index is 1270. The molecule has 5 nitrogen and oxygen atoms in total. The van der Waals surface area contributed by atoms with Crippen LogP contribution in [0.4, 0.5) is 0 Å². The van der Waals surface area contributed by atoms with Gasteiger partial charge in [0.1, 0.15) is 11.4 Å². The molecule has 0 aliphatic heterocycles. The lowest BCUT2D eigenvalue weighted by Crippen LogP contribution is -2.06. The first-order chi connectivity index (χ1) is 15.3. The second-order valence-electron chi connectivity index (χ2n) is 8.08. The van der Waals surface area contributed by atoms with E-state index in [2.05, 4.69) is 48.3 Å². The Balaban J connectivity index is 1.65. The second-order valence-corrected chi connectivity index (χ2v) is 9.02. The number of rotatable bonds is 6. The quantitative estimate of drug-likeness (QED) is 0.281. The number of benzene rings is 2. The topological polar surface area (TPSA) is 60.7 Å². The number of aryl methyl sites for hydroxylation is 3. The zero-order valence-electron chi connectivity index (χ0n) is 19.0. The monoisotopic (exact) mass is 442 g/mol. The molecule has 4 aromatic rings. The Labute approximate surface area is 192 Å². The van der Waals surface area contributed by atoms with Crippen LogP contribution < -0.4 is 0 Å². The molecular formula is C26H26N4OS. The molecule has 0 unspecified atom stereocenters. The molecule has 0 fully saturated rings. The average molecular weight is 443 g/mol. The predicted octanol–water partition coefficient (Wildman–Crippen LogP) is 5.75. The fourth-order valence-corrected chi connectivity index (χ4v) is 4.21. The van der Waals surface area contributed by atoms with Crippen LogP contribution in [0.3, 0.4) is 0 Å². The molecule has 2 aromatic heterocycles. The van der Waals surface area contributed by atoms with E-state index >= 15 is 0 Å². The van der Waals surface area contributed by atoms with Crippen molar-refractivity contribution in [1.82, 2.24) is 19.7 Å². The van der Waals surface area contributed by atoms with Crippen LogP contribution in [-0.4, -0.2) is 31.3 Å². The highest BCUT2D eigenvalue weighted by molar-refractivity contribution is 7.99. The van der Waals surface area contributed by atoms with Gasteiger partial charge in [-0.2, -0.15) is 0 Å². The van der Waals surface area contributed by atoms with Crippen LogP contribution in [0.1, 0.15) is 32.9 Å². The Morgan fingerprint density at radius 3 is 1.94 bits per heavy atom. The molecule has 0 aliphatic rings. The standard InChI is InChI=1S/C26H26N4OS/c1-16-6-10-20(11-7-16)24-25(21-12-8-17(2)9-13-21)28-29-26(27-24)32-15-23(31)22-14-18(3)30(5)19(22)4/h6-14H,15H2,1-5H3. The molecule has 162 valence electrons. The first-order valence-corrected chi connectivity index (χ1v) is 11.5. The summed E-state index contributed by atoms with van der Waals surface area (Å²) in [4.78, 5) is 17.6. The van der Waals surface area contributed by atoms with E-state index in [0.29, 0.717) is 5.16 Å². The lowest BCUT2D eigenvalue weighted by atomic mass is 10.0. The molecular weight excluding hydrogens is 416 g/mol. The van der Waals surface area contributed by atoms with E-state index in [1.807, 2.05) is 55.8 Å². The summed E-state index contributed by atoms with van der Waals surface area (Å²) in [5.74, 6) is 0.336. The SMILES string of the molecule is Cc1ccc(-c2nnc(SCC(=O)c3cc(C)n(C)c3C)nc2-c2ccc(C)cc2)cc1. The van der Waals surface area contributed by atoms with Crippen molar-refractivity contribution in [2.24, 2.45) is 7.05 Å². The Morgan fingerprint density at radius 1 is 0.844 bits per heavy atom. The number of thioether (sulfide) groups is 1. The molecule has 6 heteroatoms. The molecule has 32 heavy (non-hydrogen) atoms. The van der Waals surface area contributed by atoms with E-state index < -0.39 is 0 Å². The van der Waals surface area contributed by atoms with Crippen LogP contribution in [0.5, 0.6) is 0 Å². The van der Waals surface area contributed by atoms with Crippen molar-refractivity contribution in [2.45, 2.75) is 32.9 Å². The Kier molecular flexibility index (Phi) is 6.24. The number of ketones is 1. The average Bonchev–Trinajstić information content (AvgIpc) is 3.06. The van der Waals surface area contributed by atoms with Crippen LogP contribution in [-0.2, 0) is 7.05 Å². The maximum atomic E-state index is 12.8. The summed E-state index contributed by atoms with van der Waals surface area (Å²) in [7, 11) is 1.97. The van der Waals surface area contributed by atoms with Crippen molar-refractivity contribution in [2.75, 3.05) is 5.75 Å². The van der Waals surface area contributed by atoms with Gasteiger partial charge in [-0.15, -0.1) is 10.2 Å². The number of hydrogen-bond acceptors (Lipinski definition) is 5. The second kappa shape index (κ2) is 9.09. The molecule has 0 radical (unpaired) electrons. The van der Waals surface area contributed by atoms with Crippen molar-refractivity contribution in [3.8, 4) is 22.5 Å². The molecule has 0 aliphatic carbocycles. The first-order valence-electron chi connectivity index (χ1n) is 10.5. The third-order valence-corrected chi connectivity index (χ3v) is 6.56. The van der Waals surface area contributed by atoms with Crippen LogP contribution in [0.2, 0.25) is 0 Å². The lowest BCUT2D eigenvalue weighted by Gasteiger charge is -2.10. The maximum absolute atomic E-state index is 12.8. The van der Waals surface area contributed by atoms with Gasteiger partial charge in [0.25, 0.3) is 0 Å². The number of aromatic nitrogens is 4. The number of carbonyl (C=O) groups is 1. The fraction of sp³-hybridized carbons (Fsp3) is 0.231. The van der Waals surface area contributed by atoms with Crippen LogP contribution >= 0.6 is 11.8 Å². The molecule has 0 bridgehead atoms. The van der Waals surface area contributed by atoms with E-state index in [-0.39, 0.29) is 11.5 Å². The minimum absolute atomic E-state index is 0.0688. The van der Waals surface area contributed by atoms with Crippen molar-refractivity contribution in [3.63, 3.8) is 0 Å². The van der Waals surface area contributed by atoms with Crippen molar-refractivity contribution >= 4 is 17.5 Å². The Hall–Kier alpha value is -3.25. The van der Waals surface area contributed by atoms with E-state index in [9.17, 15) is 4.79 Å². The highest BCUT2D eigenvalue weighted by Crippen LogP contribution is 2.30. The predicted molar refractivity (Wildman–Crippen MR) is 130 cm³/mol. The number of Topliss-reactive ketones (excluding diaryl/α,β-unsaturated/α-hetero) is 1. The molecule has 4 rings (SSSR count). The minimum atomic E-state index is 0.0688. The lowest BCUT2D eigenvalue weighted by molar-refractivity contribution is 0.102. The number of hydrogen-bond donors (Lipinski definition) is 0. The van der Waals surface area contributed by atoms with Crippen molar-refractivity contribution in [3.05, 3.63) is 82.7 Å². The molecule has 0 atom stereocenters. The van der Waals surface area contributed by atoms with E-state index in [0.717, 1.165) is 39.5 Å². The summed E-state index contributed by atoms with van der Waals surface area (Å²) in [6.07, 6.45) is 0. The molecule has 0 amide bonds. The zero-order valence-corrected chi connectivity index (χ0v) is 19.8. The zero-order chi connectivity index (χ0) is 22.8. The van der Waals surface area contributed by atoms with Gasteiger partial charge in [-0.25, -0.2) is 4.98 Å². The van der Waals surface area contributed by atoms with E-state index in [1.54, 1.807) is 0 Å². The third-order valence-electron chi connectivity index (χ3n) is 5.73. The fourth-order valence-electron chi connectivity index (χ4n) is 3.54. The minimum Gasteiger partial charge on any atom is -0.351 e. The molecule has 0 saturated carbocycles. The van der Waals surface area contributed by atoms with Crippen molar-refractivity contribution < 1.29 is 4.79 Å². The Morgan fingerprint density at radius 2 is 1.41 bits per heavy atom. The van der Waals surface area contributed by atoms with Gasteiger partial charge >= 0.3 is 0 Å². The molecule has 0 spiro atoms. The van der Waals surface area contributed by atoms with Gasteiger partial charge < -0.3 is 4.57 Å². The third kappa shape index (κ3) is 4.50. The summed E-state index contributed by atoms with van der Waals surface area (Å²) in [5.41, 5.74) is 8.60. The van der Waals surface area contributed by atoms with E-state index in [4.69, 9.17) is 4.98 Å². The molecule has 0 N–H and O–H groups in total. The maximum Gasteiger partial charge on any atom is 0.210 e. The highest BCUT2D eigenvalue weighted by atomic mass is 32.2. The van der Waals surface area contributed by atoms with Crippen molar-refractivity contribution in [1.29, 1.82) is 0 Å².